The Labute approximate surface area is 119 Å². The Hall–Kier alpha value is -1.68. The molecule has 0 saturated carbocycles. The third-order valence-corrected chi connectivity index (χ3v) is 3.36. The van der Waals surface area contributed by atoms with E-state index in [9.17, 15) is 9.18 Å². The highest BCUT2D eigenvalue weighted by atomic mass is 79.9. The van der Waals surface area contributed by atoms with Crippen molar-refractivity contribution in [1.82, 2.24) is 0 Å². The van der Waals surface area contributed by atoms with E-state index in [1.54, 1.807) is 13.0 Å². The second-order valence-corrected chi connectivity index (χ2v) is 5.15. The van der Waals surface area contributed by atoms with Gasteiger partial charge < -0.3 is 5.32 Å². The number of aryl methyl sites for hydroxylation is 1. The van der Waals surface area contributed by atoms with Gasteiger partial charge in [0.2, 0.25) is 5.91 Å². The van der Waals surface area contributed by atoms with E-state index in [0.717, 1.165) is 5.56 Å². The summed E-state index contributed by atoms with van der Waals surface area (Å²) in [5.41, 5.74) is 2.26. The maximum absolute atomic E-state index is 13.3. The van der Waals surface area contributed by atoms with Gasteiger partial charge in [-0.2, -0.15) is 0 Å². The number of anilines is 1. The molecular weight excluding hydrogens is 309 g/mol. The highest BCUT2D eigenvalue weighted by molar-refractivity contribution is 9.10. The van der Waals surface area contributed by atoms with Gasteiger partial charge in [-0.05, 0) is 46.1 Å². The van der Waals surface area contributed by atoms with Gasteiger partial charge in [-0.15, -0.1) is 0 Å². The smallest absolute Gasteiger partial charge is 0.228 e. The zero-order valence-electron chi connectivity index (χ0n) is 10.4. The summed E-state index contributed by atoms with van der Waals surface area (Å²) in [6.07, 6.45) is 0.301. The molecule has 2 aromatic carbocycles. The van der Waals surface area contributed by atoms with Crippen molar-refractivity contribution in [2.75, 3.05) is 5.32 Å². The van der Waals surface area contributed by atoms with E-state index in [2.05, 4.69) is 21.2 Å². The fourth-order valence-electron chi connectivity index (χ4n) is 1.76. The molecule has 98 valence electrons. The van der Waals surface area contributed by atoms with Gasteiger partial charge in [-0.25, -0.2) is 4.39 Å². The predicted molar refractivity (Wildman–Crippen MR) is 77.6 cm³/mol. The summed E-state index contributed by atoms with van der Waals surface area (Å²) in [7, 11) is 0. The summed E-state index contributed by atoms with van der Waals surface area (Å²) in [6, 6.07) is 12.4. The molecule has 1 amide bonds. The van der Waals surface area contributed by atoms with E-state index in [0.29, 0.717) is 22.1 Å². The van der Waals surface area contributed by atoms with Crippen molar-refractivity contribution in [2.24, 2.45) is 0 Å². The molecular formula is C15H13BrFNO. The lowest BCUT2D eigenvalue weighted by atomic mass is 10.1. The Morgan fingerprint density at radius 3 is 2.63 bits per heavy atom. The van der Waals surface area contributed by atoms with Crippen LogP contribution in [0.25, 0.3) is 0 Å². The van der Waals surface area contributed by atoms with Gasteiger partial charge in [0, 0.05) is 5.69 Å². The second kappa shape index (κ2) is 5.97. The molecule has 0 bridgehead atoms. The van der Waals surface area contributed by atoms with Crippen molar-refractivity contribution in [3.05, 3.63) is 63.9 Å². The fourth-order valence-corrected chi connectivity index (χ4v) is 2.10. The molecule has 2 nitrogen and oxygen atoms in total. The number of amides is 1. The van der Waals surface area contributed by atoms with Crippen molar-refractivity contribution >= 4 is 27.5 Å². The minimum absolute atomic E-state index is 0.118. The van der Waals surface area contributed by atoms with Crippen LogP contribution in [0.1, 0.15) is 11.1 Å². The van der Waals surface area contributed by atoms with Crippen molar-refractivity contribution in [1.29, 1.82) is 0 Å². The third kappa shape index (κ3) is 3.64. The molecule has 0 heterocycles. The van der Waals surface area contributed by atoms with Crippen LogP contribution in [-0.4, -0.2) is 5.91 Å². The number of rotatable bonds is 3. The highest BCUT2D eigenvalue weighted by Gasteiger charge is 2.09. The Balaban J connectivity index is 2.09. The maximum Gasteiger partial charge on any atom is 0.228 e. The monoisotopic (exact) mass is 321 g/mol. The number of hydrogen-bond donors (Lipinski definition) is 1. The first-order valence-electron chi connectivity index (χ1n) is 5.85. The van der Waals surface area contributed by atoms with Crippen LogP contribution >= 0.6 is 15.9 Å². The Morgan fingerprint density at radius 1 is 1.26 bits per heavy atom. The van der Waals surface area contributed by atoms with E-state index in [4.69, 9.17) is 0 Å². The van der Waals surface area contributed by atoms with Crippen LogP contribution in [0.15, 0.2) is 46.9 Å². The summed E-state index contributed by atoms with van der Waals surface area (Å²) < 4.78 is 13.6. The average molecular weight is 322 g/mol. The average Bonchev–Trinajstić information content (AvgIpc) is 2.37. The molecule has 0 aromatic heterocycles. The molecule has 0 spiro atoms. The standard InChI is InChI=1S/C15H13BrFNO/c1-10-7-13(17)12(16)9-14(10)18-15(19)8-11-5-3-2-4-6-11/h2-7,9H,8H2,1H3,(H,18,19). The van der Waals surface area contributed by atoms with Crippen LogP contribution in [0, 0.1) is 12.7 Å². The van der Waals surface area contributed by atoms with Crippen LogP contribution in [0.4, 0.5) is 10.1 Å². The first-order valence-corrected chi connectivity index (χ1v) is 6.65. The Kier molecular flexibility index (Phi) is 4.32. The van der Waals surface area contributed by atoms with Gasteiger partial charge in [0.05, 0.1) is 10.9 Å². The van der Waals surface area contributed by atoms with Gasteiger partial charge in [-0.3, -0.25) is 4.79 Å². The van der Waals surface area contributed by atoms with Crippen LogP contribution in [-0.2, 0) is 11.2 Å². The molecule has 0 aliphatic heterocycles. The summed E-state index contributed by atoms with van der Waals surface area (Å²) in [5.74, 6) is -0.452. The number of hydrogen-bond acceptors (Lipinski definition) is 1. The van der Waals surface area contributed by atoms with Crippen molar-refractivity contribution in [2.45, 2.75) is 13.3 Å². The van der Waals surface area contributed by atoms with E-state index in [1.165, 1.54) is 6.07 Å². The maximum atomic E-state index is 13.3. The molecule has 0 unspecified atom stereocenters. The Bertz CT molecular complexity index is 599. The minimum Gasteiger partial charge on any atom is -0.326 e. The number of benzene rings is 2. The molecule has 2 rings (SSSR count). The number of nitrogens with one attached hydrogen (secondary N) is 1. The molecule has 0 aliphatic rings. The van der Waals surface area contributed by atoms with Crippen molar-refractivity contribution in [3.63, 3.8) is 0 Å². The van der Waals surface area contributed by atoms with Gasteiger partial charge in [0.15, 0.2) is 0 Å². The molecule has 19 heavy (non-hydrogen) atoms. The number of carbonyl (C=O) groups excluding carboxylic acids is 1. The fraction of sp³-hybridized carbons (Fsp3) is 0.133. The first-order chi connectivity index (χ1) is 9.06. The molecule has 4 heteroatoms. The molecule has 0 aliphatic carbocycles. The van der Waals surface area contributed by atoms with Crippen LogP contribution < -0.4 is 5.32 Å². The minimum atomic E-state index is -0.335. The van der Waals surface area contributed by atoms with Gasteiger partial charge in [0.1, 0.15) is 5.82 Å². The van der Waals surface area contributed by atoms with Crippen LogP contribution in [0.2, 0.25) is 0 Å². The molecule has 2 aromatic rings. The van der Waals surface area contributed by atoms with E-state index in [1.807, 2.05) is 30.3 Å². The van der Waals surface area contributed by atoms with Gasteiger partial charge in [0.25, 0.3) is 0 Å². The van der Waals surface area contributed by atoms with E-state index < -0.39 is 0 Å². The lowest BCUT2D eigenvalue weighted by Gasteiger charge is -2.09. The van der Waals surface area contributed by atoms with Gasteiger partial charge >= 0.3 is 0 Å². The van der Waals surface area contributed by atoms with Crippen LogP contribution in [0.3, 0.4) is 0 Å². The van der Waals surface area contributed by atoms with Crippen molar-refractivity contribution < 1.29 is 9.18 Å². The lowest BCUT2D eigenvalue weighted by Crippen LogP contribution is -2.15. The molecule has 0 saturated heterocycles. The number of halogens is 2. The largest absolute Gasteiger partial charge is 0.326 e. The van der Waals surface area contributed by atoms with E-state index in [-0.39, 0.29) is 11.7 Å². The lowest BCUT2D eigenvalue weighted by molar-refractivity contribution is -0.115. The summed E-state index contributed by atoms with van der Waals surface area (Å²) in [4.78, 5) is 11.9. The molecule has 0 fully saturated rings. The SMILES string of the molecule is Cc1cc(F)c(Br)cc1NC(=O)Cc1ccccc1. The Morgan fingerprint density at radius 2 is 1.95 bits per heavy atom. The van der Waals surface area contributed by atoms with E-state index >= 15 is 0 Å². The highest BCUT2D eigenvalue weighted by Crippen LogP contribution is 2.24. The van der Waals surface area contributed by atoms with Gasteiger partial charge in [-0.1, -0.05) is 30.3 Å². The third-order valence-electron chi connectivity index (χ3n) is 2.75. The topological polar surface area (TPSA) is 29.1 Å². The zero-order chi connectivity index (χ0) is 13.8. The second-order valence-electron chi connectivity index (χ2n) is 4.29. The molecule has 0 radical (unpaired) electrons. The quantitative estimate of drug-likeness (QED) is 0.906. The predicted octanol–water partition coefficient (Wildman–Crippen LogP) is 4.08. The summed E-state index contributed by atoms with van der Waals surface area (Å²) in [6.45, 7) is 1.76. The normalized spacial score (nSPS) is 10.3. The van der Waals surface area contributed by atoms with Crippen molar-refractivity contribution in [3.8, 4) is 0 Å². The molecule has 1 N–H and O–H groups in total. The summed E-state index contributed by atoms with van der Waals surface area (Å²) >= 11 is 3.11. The zero-order valence-corrected chi connectivity index (χ0v) is 12.0. The number of carbonyl (C=O) groups is 1. The molecule has 0 atom stereocenters. The van der Waals surface area contributed by atoms with Crippen LogP contribution in [0.5, 0.6) is 0 Å². The first kappa shape index (κ1) is 13.7. The summed E-state index contributed by atoms with van der Waals surface area (Å²) in [5, 5.41) is 2.79.